The van der Waals surface area contributed by atoms with E-state index in [9.17, 15) is 4.79 Å². The van der Waals surface area contributed by atoms with Crippen LogP contribution in [0.25, 0.3) is 0 Å². The minimum Gasteiger partial charge on any atom is -0.485 e. The minimum absolute atomic E-state index is 0.0955. The lowest BCUT2D eigenvalue weighted by atomic mass is 10.2. The molecule has 0 unspecified atom stereocenters. The molecule has 0 spiro atoms. The fourth-order valence-corrected chi connectivity index (χ4v) is 2.24. The summed E-state index contributed by atoms with van der Waals surface area (Å²) in [5.41, 5.74) is 4.76. The molecular weight excluding hydrogens is 354 g/mol. The molecule has 0 bridgehead atoms. The van der Waals surface area contributed by atoms with Gasteiger partial charge in [-0.15, -0.1) is 0 Å². The summed E-state index contributed by atoms with van der Waals surface area (Å²) < 4.78 is 5.80. The number of para-hydroxylation sites is 1. The number of ether oxygens (including phenoxy) is 1. The Hall–Kier alpha value is -3.87. The van der Waals surface area contributed by atoms with Crippen LogP contribution in [0.4, 0.5) is 0 Å². The molecule has 0 radical (unpaired) electrons. The molecule has 0 aliphatic carbocycles. The van der Waals surface area contributed by atoms with Crippen LogP contribution in [0.5, 0.6) is 5.75 Å². The van der Waals surface area contributed by atoms with E-state index in [-0.39, 0.29) is 12.5 Å². The Morgan fingerprint density at radius 3 is 2.64 bits per heavy atom. The van der Waals surface area contributed by atoms with Crippen molar-refractivity contribution in [2.24, 2.45) is 10.1 Å². The van der Waals surface area contributed by atoms with Gasteiger partial charge in [-0.2, -0.15) is 5.10 Å². The molecule has 1 N–H and O–H groups in total. The van der Waals surface area contributed by atoms with Crippen molar-refractivity contribution in [1.82, 2.24) is 15.4 Å². The number of amides is 1. The van der Waals surface area contributed by atoms with Crippen molar-refractivity contribution < 1.29 is 9.53 Å². The van der Waals surface area contributed by atoms with Crippen LogP contribution < -0.4 is 10.2 Å². The van der Waals surface area contributed by atoms with Crippen molar-refractivity contribution in [1.29, 1.82) is 0 Å². The number of hydrazone groups is 1. The minimum atomic E-state index is -0.354. The quantitative estimate of drug-likeness (QED) is 0.409. The molecular formula is C21H19N5O2. The Kier molecular flexibility index (Phi) is 6.57. The molecule has 28 heavy (non-hydrogen) atoms. The van der Waals surface area contributed by atoms with Gasteiger partial charge < -0.3 is 4.74 Å². The van der Waals surface area contributed by atoms with E-state index >= 15 is 0 Å². The topological polar surface area (TPSA) is 88.8 Å². The van der Waals surface area contributed by atoms with Gasteiger partial charge in [-0.05, 0) is 36.8 Å². The summed E-state index contributed by atoms with van der Waals surface area (Å²) in [5.74, 6) is 0.689. The highest BCUT2D eigenvalue weighted by Crippen LogP contribution is 2.16. The number of nitrogens with zero attached hydrogens (tertiary/aromatic N) is 4. The lowest BCUT2D eigenvalue weighted by molar-refractivity contribution is 0.0954. The number of amidine groups is 1. The fourth-order valence-electron chi connectivity index (χ4n) is 2.24. The van der Waals surface area contributed by atoms with Crippen molar-refractivity contribution >= 4 is 18.0 Å². The van der Waals surface area contributed by atoms with Gasteiger partial charge >= 0.3 is 0 Å². The molecule has 7 heteroatoms. The third-order valence-corrected chi connectivity index (χ3v) is 3.73. The summed E-state index contributed by atoms with van der Waals surface area (Å²) in [6.07, 6.45) is 8.07. The van der Waals surface area contributed by atoms with Crippen LogP contribution in [0.2, 0.25) is 0 Å². The largest absolute Gasteiger partial charge is 0.485 e. The first-order chi connectivity index (χ1) is 13.7. The Morgan fingerprint density at radius 1 is 1.07 bits per heavy atom. The normalized spacial score (nSPS) is 11.4. The van der Waals surface area contributed by atoms with Gasteiger partial charge in [-0.1, -0.05) is 24.3 Å². The molecule has 2 aromatic heterocycles. The van der Waals surface area contributed by atoms with Gasteiger partial charge in [0.05, 0.1) is 0 Å². The van der Waals surface area contributed by atoms with Gasteiger partial charge in [0.1, 0.15) is 12.4 Å². The molecule has 1 aromatic carbocycles. The van der Waals surface area contributed by atoms with E-state index in [0.29, 0.717) is 11.4 Å². The molecule has 0 aliphatic heterocycles. The molecule has 0 saturated heterocycles. The molecule has 140 valence electrons. The summed E-state index contributed by atoms with van der Waals surface area (Å²) in [7, 11) is 0. The summed E-state index contributed by atoms with van der Waals surface area (Å²) in [4.78, 5) is 24.5. The summed E-state index contributed by atoms with van der Waals surface area (Å²) in [6.45, 7) is 2.05. The average molecular weight is 373 g/mol. The maximum atomic E-state index is 12.2. The molecule has 0 fully saturated rings. The second-order valence-electron chi connectivity index (χ2n) is 5.80. The van der Waals surface area contributed by atoms with Crippen LogP contribution >= 0.6 is 0 Å². The van der Waals surface area contributed by atoms with Crippen molar-refractivity contribution in [2.45, 2.75) is 6.92 Å². The van der Waals surface area contributed by atoms with Crippen LogP contribution in [-0.2, 0) is 0 Å². The molecule has 0 saturated carbocycles. The third-order valence-electron chi connectivity index (χ3n) is 3.73. The van der Waals surface area contributed by atoms with Crippen molar-refractivity contribution in [3.63, 3.8) is 0 Å². The fraction of sp³-hybridized carbons (Fsp3) is 0.0952. The van der Waals surface area contributed by atoms with Crippen molar-refractivity contribution in [2.75, 3.05) is 6.61 Å². The highest BCUT2D eigenvalue weighted by molar-refractivity contribution is 5.98. The summed E-state index contributed by atoms with van der Waals surface area (Å²) in [5, 5.41) is 4.11. The van der Waals surface area contributed by atoms with Crippen molar-refractivity contribution in [3.05, 3.63) is 90.0 Å². The van der Waals surface area contributed by atoms with Crippen LogP contribution in [0.1, 0.15) is 21.5 Å². The number of aliphatic imine (C=N–C) groups is 1. The van der Waals surface area contributed by atoms with Gasteiger partial charge in [0, 0.05) is 42.1 Å². The molecule has 1 amide bonds. The van der Waals surface area contributed by atoms with Crippen molar-refractivity contribution in [3.8, 4) is 5.75 Å². The number of aryl methyl sites for hydroxylation is 1. The van der Waals surface area contributed by atoms with Gasteiger partial charge in [0.2, 0.25) is 0 Å². The Bertz CT molecular complexity index is 972. The molecule has 3 aromatic rings. The smallest absolute Gasteiger partial charge is 0.271 e. The lowest BCUT2D eigenvalue weighted by Gasteiger charge is -2.08. The zero-order valence-corrected chi connectivity index (χ0v) is 15.3. The van der Waals surface area contributed by atoms with E-state index in [4.69, 9.17) is 4.74 Å². The predicted molar refractivity (Wildman–Crippen MR) is 108 cm³/mol. The van der Waals surface area contributed by atoms with Gasteiger partial charge in [-0.3, -0.25) is 14.8 Å². The SMILES string of the molecule is Cc1ccccc1OC/C(N=Cc1cccnc1)=N/NC(=O)c1ccncc1. The van der Waals surface area contributed by atoms with Crippen LogP contribution in [0.3, 0.4) is 0 Å². The lowest BCUT2D eigenvalue weighted by Crippen LogP contribution is -2.21. The Balaban J connectivity index is 1.74. The molecule has 0 aliphatic rings. The van der Waals surface area contributed by atoms with Gasteiger partial charge in [0.25, 0.3) is 5.91 Å². The van der Waals surface area contributed by atoms with E-state index in [1.54, 1.807) is 43.1 Å². The number of nitrogens with one attached hydrogen (secondary N) is 1. The monoisotopic (exact) mass is 373 g/mol. The Labute approximate surface area is 162 Å². The first-order valence-corrected chi connectivity index (χ1v) is 8.62. The number of hydrogen-bond donors (Lipinski definition) is 1. The average Bonchev–Trinajstić information content (AvgIpc) is 2.75. The highest BCUT2D eigenvalue weighted by Gasteiger charge is 2.06. The number of aromatic nitrogens is 2. The van der Waals surface area contributed by atoms with E-state index in [0.717, 1.165) is 16.9 Å². The number of hydrogen-bond acceptors (Lipinski definition) is 5. The van der Waals surface area contributed by atoms with E-state index < -0.39 is 0 Å². The molecule has 0 atom stereocenters. The molecule has 2 heterocycles. The standard InChI is InChI=1S/C21H19N5O2/c1-16-5-2-3-7-19(16)28-15-20(24-14-17-6-4-10-23-13-17)25-26-21(27)18-8-11-22-12-9-18/h2-14H,15H2,1H3,(H,26,27)/b24-14?,25-20-. The summed E-state index contributed by atoms with van der Waals surface area (Å²) >= 11 is 0. The first-order valence-electron chi connectivity index (χ1n) is 8.62. The van der Waals surface area contributed by atoms with Crippen LogP contribution in [0.15, 0.2) is 83.4 Å². The number of carbonyl (C=O) groups is 1. The predicted octanol–water partition coefficient (Wildman–Crippen LogP) is 3.03. The maximum Gasteiger partial charge on any atom is 0.271 e. The number of rotatable bonds is 6. The zero-order chi connectivity index (χ0) is 19.6. The third kappa shape index (κ3) is 5.57. The number of carbonyl (C=O) groups excluding carboxylic acids is 1. The zero-order valence-electron chi connectivity index (χ0n) is 15.3. The van der Waals surface area contributed by atoms with E-state index in [1.165, 1.54) is 0 Å². The van der Waals surface area contributed by atoms with Crippen LogP contribution in [0, 0.1) is 6.92 Å². The van der Waals surface area contributed by atoms with Gasteiger partial charge in [0.15, 0.2) is 5.84 Å². The number of pyridine rings is 2. The highest BCUT2D eigenvalue weighted by atomic mass is 16.5. The van der Waals surface area contributed by atoms with Gasteiger partial charge in [-0.25, -0.2) is 10.4 Å². The van der Waals surface area contributed by atoms with E-state index in [2.05, 4.69) is 25.5 Å². The second kappa shape index (κ2) is 9.72. The maximum absolute atomic E-state index is 12.2. The Morgan fingerprint density at radius 2 is 1.89 bits per heavy atom. The van der Waals surface area contributed by atoms with Crippen LogP contribution in [-0.4, -0.2) is 34.5 Å². The molecule has 3 rings (SSSR count). The first kappa shape index (κ1) is 18.9. The molecule has 7 nitrogen and oxygen atoms in total. The second-order valence-corrected chi connectivity index (χ2v) is 5.80. The number of benzene rings is 1. The van der Waals surface area contributed by atoms with E-state index in [1.807, 2.05) is 43.3 Å². The summed E-state index contributed by atoms with van der Waals surface area (Å²) in [6, 6.07) is 14.5.